The molecule has 3 rings (SSSR count). The number of likely N-dealkylation sites (tertiary alicyclic amines) is 1. The monoisotopic (exact) mass is 426 g/mol. The van der Waals surface area contributed by atoms with E-state index in [0.717, 1.165) is 18.6 Å². The number of nitrogens with one attached hydrogen (secondary N) is 3. The Morgan fingerprint density at radius 1 is 1.30 bits per heavy atom. The largest absolute Gasteiger partial charge is 0.416 e. The van der Waals surface area contributed by atoms with Crippen LogP contribution in [0.4, 0.5) is 13.2 Å². The molecular weight excluding hydrogens is 397 g/mol. The van der Waals surface area contributed by atoms with Gasteiger partial charge in [-0.3, -0.25) is 15.0 Å². The van der Waals surface area contributed by atoms with Gasteiger partial charge in [-0.15, -0.1) is 0 Å². The van der Waals surface area contributed by atoms with Gasteiger partial charge in [-0.25, -0.2) is 5.43 Å². The number of carbonyl (C=O) groups excluding carboxylic acids is 2. The van der Waals surface area contributed by atoms with Gasteiger partial charge in [0.25, 0.3) is 0 Å². The van der Waals surface area contributed by atoms with E-state index in [0.29, 0.717) is 37.3 Å². The van der Waals surface area contributed by atoms with Gasteiger partial charge in [-0.1, -0.05) is 26.0 Å². The van der Waals surface area contributed by atoms with Crippen molar-refractivity contribution in [3.8, 4) is 0 Å². The zero-order valence-corrected chi connectivity index (χ0v) is 17.3. The molecule has 3 atom stereocenters. The van der Waals surface area contributed by atoms with E-state index in [9.17, 15) is 22.8 Å². The molecule has 0 spiro atoms. The Labute approximate surface area is 174 Å². The van der Waals surface area contributed by atoms with Crippen molar-refractivity contribution in [3.63, 3.8) is 0 Å². The number of hydrogen-bond donors (Lipinski definition) is 3. The molecule has 6 nitrogen and oxygen atoms in total. The molecule has 3 N–H and O–H groups in total. The summed E-state index contributed by atoms with van der Waals surface area (Å²) in [5.41, 5.74) is 5.66. The second kappa shape index (κ2) is 9.34. The summed E-state index contributed by atoms with van der Waals surface area (Å²) in [5.74, 6) is 0.145. The van der Waals surface area contributed by atoms with Crippen LogP contribution >= 0.6 is 0 Å². The molecule has 166 valence electrons. The highest BCUT2D eigenvalue weighted by molar-refractivity contribution is 5.83. The lowest BCUT2D eigenvalue weighted by Crippen LogP contribution is -2.47. The molecule has 1 aromatic rings. The topological polar surface area (TPSA) is 73.5 Å². The van der Waals surface area contributed by atoms with Crippen LogP contribution in [-0.2, 0) is 15.8 Å². The van der Waals surface area contributed by atoms with Crippen molar-refractivity contribution in [1.29, 1.82) is 0 Å². The van der Waals surface area contributed by atoms with Gasteiger partial charge < -0.3 is 10.2 Å². The van der Waals surface area contributed by atoms with Crippen molar-refractivity contribution in [3.05, 3.63) is 35.4 Å². The summed E-state index contributed by atoms with van der Waals surface area (Å²) >= 11 is 0. The van der Waals surface area contributed by atoms with Gasteiger partial charge in [-0.2, -0.15) is 13.2 Å². The van der Waals surface area contributed by atoms with Crippen molar-refractivity contribution < 1.29 is 22.8 Å². The van der Waals surface area contributed by atoms with Gasteiger partial charge in [0, 0.05) is 25.6 Å². The third kappa shape index (κ3) is 5.72. The first-order valence-corrected chi connectivity index (χ1v) is 10.4. The predicted molar refractivity (Wildman–Crippen MR) is 106 cm³/mol. The first-order chi connectivity index (χ1) is 14.1. The van der Waals surface area contributed by atoms with Gasteiger partial charge in [0.1, 0.15) is 6.04 Å². The van der Waals surface area contributed by atoms with Crippen molar-refractivity contribution >= 4 is 11.8 Å². The van der Waals surface area contributed by atoms with Gasteiger partial charge in [-0.05, 0) is 42.9 Å². The second-order valence-corrected chi connectivity index (χ2v) is 8.53. The minimum atomic E-state index is -4.48. The van der Waals surface area contributed by atoms with E-state index in [2.05, 4.69) is 30.0 Å². The van der Waals surface area contributed by atoms with Gasteiger partial charge in [0.2, 0.25) is 11.8 Å². The van der Waals surface area contributed by atoms with E-state index in [-0.39, 0.29) is 24.4 Å². The van der Waals surface area contributed by atoms with E-state index >= 15 is 0 Å². The molecule has 0 radical (unpaired) electrons. The summed E-state index contributed by atoms with van der Waals surface area (Å²) in [4.78, 5) is 26.5. The molecule has 0 saturated carbocycles. The van der Waals surface area contributed by atoms with E-state index in [4.69, 9.17) is 0 Å². The predicted octanol–water partition coefficient (Wildman–Crippen LogP) is 2.77. The molecule has 3 unspecified atom stereocenters. The number of carbonyl (C=O) groups is 2. The fourth-order valence-electron chi connectivity index (χ4n) is 4.07. The molecule has 2 fully saturated rings. The number of halogens is 3. The summed E-state index contributed by atoms with van der Waals surface area (Å²) in [7, 11) is 0. The Bertz CT molecular complexity index is 769. The maximum Gasteiger partial charge on any atom is 0.416 e. The highest BCUT2D eigenvalue weighted by Gasteiger charge is 2.34. The van der Waals surface area contributed by atoms with E-state index < -0.39 is 23.8 Å². The van der Waals surface area contributed by atoms with Crippen molar-refractivity contribution in [2.75, 3.05) is 13.1 Å². The Balaban J connectivity index is 1.75. The fraction of sp³-hybridized carbons (Fsp3) is 0.619. The molecule has 0 aromatic heterocycles. The van der Waals surface area contributed by atoms with Crippen LogP contribution in [0.15, 0.2) is 24.3 Å². The molecule has 0 aliphatic carbocycles. The van der Waals surface area contributed by atoms with Crippen LogP contribution in [0, 0.1) is 5.92 Å². The maximum absolute atomic E-state index is 13.2. The number of hydrogen-bond acceptors (Lipinski definition) is 4. The summed E-state index contributed by atoms with van der Waals surface area (Å²) in [6.45, 7) is 4.91. The third-order valence-electron chi connectivity index (χ3n) is 5.56. The van der Waals surface area contributed by atoms with Crippen LogP contribution in [0.1, 0.15) is 56.7 Å². The molecular formula is C21H29F3N4O2. The SMILES string of the molecule is CC(C)CC1CC(C(=O)NC(CN2CCCC2=O)c2cccc(C(F)(F)F)c2)NN1. The molecule has 2 aliphatic heterocycles. The van der Waals surface area contributed by atoms with Gasteiger partial charge in [0.15, 0.2) is 0 Å². The molecule has 30 heavy (non-hydrogen) atoms. The molecule has 2 heterocycles. The normalized spacial score (nSPS) is 23.3. The first-order valence-electron chi connectivity index (χ1n) is 10.4. The summed E-state index contributed by atoms with van der Waals surface area (Å²) in [5, 5.41) is 2.87. The van der Waals surface area contributed by atoms with Crippen LogP contribution in [0.2, 0.25) is 0 Å². The number of nitrogens with zero attached hydrogens (tertiary/aromatic N) is 1. The maximum atomic E-state index is 13.2. The lowest BCUT2D eigenvalue weighted by molar-refractivity contribution is -0.137. The minimum absolute atomic E-state index is 0.0427. The van der Waals surface area contributed by atoms with Crippen LogP contribution < -0.4 is 16.2 Å². The van der Waals surface area contributed by atoms with Gasteiger partial charge >= 0.3 is 6.18 Å². The number of amides is 2. The van der Waals surface area contributed by atoms with Crippen molar-refractivity contribution in [2.45, 2.75) is 63.8 Å². The van der Waals surface area contributed by atoms with E-state index in [1.54, 1.807) is 11.0 Å². The van der Waals surface area contributed by atoms with Crippen LogP contribution in [0.3, 0.4) is 0 Å². The summed E-state index contributed by atoms with van der Waals surface area (Å²) in [6, 6.07) is 3.91. The quantitative estimate of drug-likeness (QED) is 0.627. The molecule has 0 bridgehead atoms. The number of rotatable bonds is 7. The Kier molecular flexibility index (Phi) is 7.02. The van der Waals surface area contributed by atoms with Crippen molar-refractivity contribution in [1.82, 2.24) is 21.1 Å². The van der Waals surface area contributed by atoms with Crippen molar-refractivity contribution in [2.24, 2.45) is 5.92 Å². The standard InChI is InChI=1S/C21H29F3N4O2/c1-13(2)9-16-11-17(27-26-16)20(30)25-18(12-28-8-4-7-19(28)29)14-5-3-6-15(10-14)21(22,23)24/h3,5-6,10,13,16-18,26-27H,4,7-9,11-12H2,1-2H3,(H,25,30). The Hall–Kier alpha value is -2.13. The molecule has 2 amide bonds. The molecule has 1 aromatic carbocycles. The zero-order valence-electron chi connectivity index (χ0n) is 17.3. The Morgan fingerprint density at radius 3 is 2.70 bits per heavy atom. The average Bonchev–Trinajstić information content (AvgIpc) is 3.29. The lowest BCUT2D eigenvalue weighted by atomic mass is 9.99. The van der Waals surface area contributed by atoms with Gasteiger partial charge in [0.05, 0.1) is 11.6 Å². The van der Waals surface area contributed by atoms with Crippen LogP contribution in [0.5, 0.6) is 0 Å². The van der Waals surface area contributed by atoms with E-state index in [1.165, 1.54) is 6.07 Å². The molecule has 2 aliphatic rings. The number of benzene rings is 1. The minimum Gasteiger partial charge on any atom is -0.346 e. The smallest absolute Gasteiger partial charge is 0.346 e. The molecule has 9 heteroatoms. The summed E-state index contributed by atoms with van der Waals surface area (Å²) < 4.78 is 39.6. The van der Waals surface area contributed by atoms with E-state index in [1.807, 2.05) is 0 Å². The number of hydrazine groups is 1. The highest BCUT2D eigenvalue weighted by atomic mass is 19.4. The third-order valence-corrected chi connectivity index (χ3v) is 5.56. The lowest BCUT2D eigenvalue weighted by Gasteiger charge is -2.27. The van der Waals surface area contributed by atoms with Crippen LogP contribution in [0.25, 0.3) is 0 Å². The molecule has 2 saturated heterocycles. The first kappa shape index (κ1) is 22.6. The highest BCUT2D eigenvalue weighted by Crippen LogP contribution is 2.31. The summed E-state index contributed by atoms with van der Waals surface area (Å²) in [6.07, 6.45) is -1.82. The Morgan fingerprint density at radius 2 is 2.07 bits per heavy atom. The zero-order chi connectivity index (χ0) is 21.9. The average molecular weight is 426 g/mol. The number of alkyl halides is 3. The second-order valence-electron chi connectivity index (χ2n) is 8.53. The van der Waals surface area contributed by atoms with Crippen LogP contribution in [-0.4, -0.2) is 41.9 Å². The fourth-order valence-corrected chi connectivity index (χ4v) is 4.07.